The number of H-pyrrole nitrogens is 1. The van der Waals surface area contributed by atoms with E-state index >= 15 is 0 Å². The van der Waals surface area contributed by atoms with Gasteiger partial charge in [-0.15, -0.1) is 0 Å². The molecule has 25 heavy (non-hydrogen) atoms. The summed E-state index contributed by atoms with van der Waals surface area (Å²) in [5.74, 6) is -0.658. The van der Waals surface area contributed by atoms with Gasteiger partial charge in [0, 0.05) is 24.8 Å². The molecule has 0 radical (unpaired) electrons. The Hall–Kier alpha value is -2.31. The lowest BCUT2D eigenvalue weighted by Crippen LogP contribution is -2.60. The van der Waals surface area contributed by atoms with E-state index < -0.39 is 12.0 Å². The van der Waals surface area contributed by atoms with Crippen molar-refractivity contribution < 1.29 is 19.1 Å². The maximum atomic E-state index is 13.1. The fourth-order valence-corrected chi connectivity index (χ4v) is 3.95. The third-order valence-electron chi connectivity index (χ3n) is 5.28. The Morgan fingerprint density at radius 2 is 2.04 bits per heavy atom. The smallest absolute Gasteiger partial charge is 0.340 e. The van der Waals surface area contributed by atoms with Crippen molar-refractivity contribution in [3.05, 3.63) is 22.5 Å². The maximum Gasteiger partial charge on any atom is 0.340 e. The fourth-order valence-electron chi connectivity index (χ4n) is 3.95. The number of hydrogen-bond acceptors (Lipinski definition) is 4. The zero-order valence-electron chi connectivity index (χ0n) is 15.2. The molecule has 2 fully saturated rings. The van der Waals surface area contributed by atoms with Crippen LogP contribution in [0.4, 0.5) is 0 Å². The van der Waals surface area contributed by atoms with Crippen LogP contribution in [0.5, 0.6) is 0 Å². The predicted octanol–water partition coefficient (Wildman–Crippen LogP) is 1.64. The van der Waals surface area contributed by atoms with E-state index in [2.05, 4.69) is 4.98 Å². The summed E-state index contributed by atoms with van der Waals surface area (Å²) in [4.78, 5) is 44.3. The van der Waals surface area contributed by atoms with Crippen LogP contribution in [0, 0.1) is 13.8 Å². The summed E-state index contributed by atoms with van der Waals surface area (Å²) >= 11 is 0. The second-order valence-electron chi connectivity index (χ2n) is 6.81. The number of aryl methyl sites for hydroxylation is 1. The minimum Gasteiger partial charge on any atom is -0.462 e. The highest BCUT2D eigenvalue weighted by atomic mass is 16.5. The monoisotopic (exact) mass is 347 g/mol. The zero-order valence-corrected chi connectivity index (χ0v) is 15.2. The molecule has 0 spiro atoms. The van der Waals surface area contributed by atoms with E-state index in [1.54, 1.807) is 32.6 Å². The number of hydrogen-bond donors (Lipinski definition) is 1. The molecule has 1 aromatic heterocycles. The van der Waals surface area contributed by atoms with Crippen LogP contribution in [0.25, 0.3) is 0 Å². The fraction of sp³-hybridized carbons (Fsp3) is 0.611. The molecule has 0 aliphatic carbocycles. The van der Waals surface area contributed by atoms with Gasteiger partial charge in [0.05, 0.1) is 12.2 Å². The van der Waals surface area contributed by atoms with Crippen LogP contribution in [0.3, 0.4) is 0 Å². The summed E-state index contributed by atoms with van der Waals surface area (Å²) in [6, 6.07) is -0.385. The first kappa shape index (κ1) is 17.5. The molecule has 2 saturated heterocycles. The van der Waals surface area contributed by atoms with Crippen molar-refractivity contribution in [1.29, 1.82) is 0 Å². The standard InChI is InChI=1S/C18H25N3O4/c1-5-25-18(24)14-10(2)15(19-11(14)3)17(23)21-9-13-7-6-8-20(13)16(22)12(21)4/h12-13,19H,5-9H2,1-4H3/t12-,13-/m1/s1. The van der Waals surface area contributed by atoms with E-state index in [1.807, 2.05) is 4.90 Å². The average Bonchev–Trinajstić information content (AvgIpc) is 3.15. The van der Waals surface area contributed by atoms with Crippen LogP contribution >= 0.6 is 0 Å². The first-order chi connectivity index (χ1) is 11.9. The molecule has 7 heteroatoms. The first-order valence-electron chi connectivity index (χ1n) is 8.84. The van der Waals surface area contributed by atoms with Crippen molar-refractivity contribution in [2.75, 3.05) is 19.7 Å². The second kappa shape index (κ2) is 6.54. The van der Waals surface area contributed by atoms with Gasteiger partial charge in [0.2, 0.25) is 5.91 Å². The summed E-state index contributed by atoms with van der Waals surface area (Å²) in [7, 11) is 0. The molecule has 0 aromatic carbocycles. The Kier molecular flexibility index (Phi) is 4.58. The number of nitrogens with one attached hydrogen (secondary N) is 1. The van der Waals surface area contributed by atoms with Crippen molar-refractivity contribution in [3.8, 4) is 0 Å². The van der Waals surface area contributed by atoms with Gasteiger partial charge in [-0.2, -0.15) is 0 Å². The summed E-state index contributed by atoms with van der Waals surface area (Å²) in [5, 5.41) is 0. The largest absolute Gasteiger partial charge is 0.462 e. The number of esters is 1. The third kappa shape index (κ3) is 2.81. The van der Waals surface area contributed by atoms with Gasteiger partial charge in [0.25, 0.3) is 5.91 Å². The van der Waals surface area contributed by atoms with Crippen molar-refractivity contribution in [2.24, 2.45) is 0 Å². The second-order valence-corrected chi connectivity index (χ2v) is 6.81. The van der Waals surface area contributed by atoms with E-state index in [0.717, 1.165) is 19.4 Å². The Balaban J connectivity index is 1.89. The van der Waals surface area contributed by atoms with Crippen molar-refractivity contribution in [2.45, 2.75) is 52.6 Å². The van der Waals surface area contributed by atoms with Crippen LogP contribution in [0.15, 0.2) is 0 Å². The SMILES string of the molecule is CCOC(=O)c1c(C)[nH]c(C(=O)N2C[C@H]3CCCN3C(=O)[C@H]2C)c1C. The van der Waals surface area contributed by atoms with E-state index in [4.69, 9.17) is 4.74 Å². The highest BCUT2D eigenvalue weighted by Gasteiger charge is 2.43. The first-order valence-corrected chi connectivity index (χ1v) is 8.84. The molecule has 2 atom stereocenters. The lowest BCUT2D eigenvalue weighted by atomic mass is 10.1. The van der Waals surface area contributed by atoms with Crippen LogP contribution < -0.4 is 0 Å². The number of fused-ring (bicyclic) bond motifs is 1. The van der Waals surface area contributed by atoms with Gasteiger partial charge in [0.15, 0.2) is 0 Å². The molecule has 3 heterocycles. The molecular formula is C18H25N3O4. The van der Waals surface area contributed by atoms with E-state index in [9.17, 15) is 14.4 Å². The topological polar surface area (TPSA) is 82.7 Å². The van der Waals surface area contributed by atoms with Gasteiger partial charge >= 0.3 is 5.97 Å². The third-order valence-corrected chi connectivity index (χ3v) is 5.28. The van der Waals surface area contributed by atoms with Crippen LogP contribution in [-0.2, 0) is 9.53 Å². The number of nitrogens with zero attached hydrogens (tertiary/aromatic N) is 2. The molecule has 1 N–H and O–H groups in total. The van der Waals surface area contributed by atoms with Crippen LogP contribution in [-0.4, -0.2) is 64.3 Å². The number of ether oxygens (including phenoxy) is 1. The molecule has 2 aliphatic heterocycles. The molecule has 136 valence electrons. The molecule has 2 amide bonds. The lowest BCUT2D eigenvalue weighted by Gasteiger charge is -2.41. The summed E-state index contributed by atoms with van der Waals surface area (Å²) in [5.41, 5.74) is 1.96. The number of piperazine rings is 1. The average molecular weight is 347 g/mol. The summed E-state index contributed by atoms with van der Waals surface area (Å²) < 4.78 is 5.08. The minimum atomic E-state index is -0.490. The molecule has 0 unspecified atom stereocenters. The number of aromatic amines is 1. The Bertz CT molecular complexity index is 724. The van der Waals surface area contributed by atoms with Gasteiger partial charge in [-0.25, -0.2) is 4.79 Å². The Morgan fingerprint density at radius 3 is 2.72 bits per heavy atom. The maximum absolute atomic E-state index is 13.1. The predicted molar refractivity (Wildman–Crippen MR) is 91.5 cm³/mol. The number of aromatic nitrogens is 1. The van der Waals surface area contributed by atoms with Gasteiger partial charge in [-0.3, -0.25) is 9.59 Å². The van der Waals surface area contributed by atoms with Crippen molar-refractivity contribution >= 4 is 17.8 Å². The van der Waals surface area contributed by atoms with E-state index in [-0.39, 0.29) is 24.5 Å². The summed E-state index contributed by atoms with van der Waals surface area (Å²) in [6.07, 6.45) is 1.91. The molecule has 1 aromatic rings. The molecule has 2 aliphatic rings. The summed E-state index contributed by atoms with van der Waals surface area (Å²) in [6.45, 7) is 8.60. The van der Waals surface area contributed by atoms with Crippen LogP contribution in [0.2, 0.25) is 0 Å². The highest BCUT2D eigenvalue weighted by Crippen LogP contribution is 2.28. The molecule has 0 saturated carbocycles. The number of amides is 2. The Labute approximate surface area is 147 Å². The lowest BCUT2D eigenvalue weighted by molar-refractivity contribution is -0.141. The molecule has 3 rings (SSSR count). The molecule has 0 bridgehead atoms. The number of carbonyl (C=O) groups is 3. The molecular weight excluding hydrogens is 322 g/mol. The van der Waals surface area contributed by atoms with E-state index in [0.29, 0.717) is 29.1 Å². The van der Waals surface area contributed by atoms with E-state index in [1.165, 1.54) is 0 Å². The Morgan fingerprint density at radius 1 is 1.32 bits per heavy atom. The number of rotatable bonds is 3. The van der Waals surface area contributed by atoms with Gasteiger partial charge in [-0.1, -0.05) is 0 Å². The van der Waals surface area contributed by atoms with Gasteiger partial charge in [-0.05, 0) is 46.1 Å². The zero-order chi connectivity index (χ0) is 18.3. The van der Waals surface area contributed by atoms with Gasteiger partial charge < -0.3 is 19.5 Å². The van der Waals surface area contributed by atoms with Gasteiger partial charge in [0.1, 0.15) is 11.7 Å². The van der Waals surface area contributed by atoms with Crippen molar-refractivity contribution in [1.82, 2.24) is 14.8 Å². The quantitative estimate of drug-likeness (QED) is 0.843. The van der Waals surface area contributed by atoms with Crippen molar-refractivity contribution in [3.63, 3.8) is 0 Å². The minimum absolute atomic E-state index is 0.00801. The normalized spacial score (nSPS) is 23.0. The van der Waals surface area contributed by atoms with Crippen LogP contribution in [0.1, 0.15) is 58.8 Å². The highest BCUT2D eigenvalue weighted by molar-refractivity contribution is 6.02. The number of carbonyl (C=O) groups excluding carboxylic acids is 3. The molecule has 7 nitrogen and oxygen atoms in total.